The van der Waals surface area contributed by atoms with Crippen LogP contribution < -0.4 is 5.32 Å². The van der Waals surface area contributed by atoms with E-state index >= 15 is 0 Å². The van der Waals surface area contributed by atoms with Crippen LogP contribution in [0.4, 0.5) is 0 Å². The number of rotatable bonds is 3. The molecular formula is C13H16N2O3. The van der Waals surface area contributed by atoms with Gasteiger partial charge in [0.1, 0.15) is 12.6 Å². The van der Waals surface area contributed by atoms with Crippen LogP contribution >= 0.6 is 0 Å². The quantitative estimate of drug-likeness (QED) is 0.819. The minimum atomic E-state index is -0.979. The molecule has 1 atom stereocenters. The minimum absolute atomic E-state index is 0.174. The van der Waals surface area contributed by atoms with E-state index in [1.165, 1.54) is 4.90 Å². The first kappa shape index (κ1) is 12.6. The largest absolute Gasteiger partial charge is 0.480 e. The molecule has 2 rings (SSSR count). The third-order valence-corrected chi connectivity index (χ3v) is 3.03. The molecule has 0 radical (unpaired) electrons. The van der Waals surface area contributed by atoms with Crippen molar-refractivity contribution < 1.29 is 14.7 Å². The van der Waals surface area contributed by atoms with Crippen molar-refractivity contribution in [3.8, 4) is 0 Å². The van der Waals surface area contributed by atoms with Crippen molar-refractivity contribution in [3.63, 3.8) is 0 Å². The van der Waals surface area contributed by atoms with E-state index in [9.17, 15) is 9.59 Å². The standard InChI is InChI=1S/C13H16N2O3/c1-9-2-4-10(5-3-9)12-13(18)15(7-6-14-12)8-11(16)17/h2-5,12,14H,6-8H2,1H3,(H,16,17). The molecule has 1 heterocycles. The average molecular weight is 248 g/mol. The monoisotopic (exact) mass is 248 g/mol. The molecule has 0 aliphatic carbocycles. The fourth-order valence-corrected chi connectivity index (χ4v) is 2.06. The number of piperazine rings is 1. The van der Waals surface area contributed by atoms with Gasteiger partial charge in [-0.25, -0.2) is 0 Å². The Balaban J connectivity index is 2.15. The Kier molecular flexibility index (Phi) is 3.62. The predicted octanol–water partition coefficient (Wildman–Crippen LogP) is 0.553. The molecule has 1 saturated heterocycles. The van der Waals surface area contributed by atoms with Gasteiger partial charge in [0.05, 0.1) is 0 Å². The van der Waals surface area contributed by atoms with Crippen molar-refractivity contribution in [2.45, 2.75) is 13.0 Å². The van der Waals surface area contributed by atoms with Crippen LogP contribution in [0.5, 0.6) is 0 Å². The van der Waals surface area contributed by atoms with E-state index in [1.54, 1.807) is 0 Å². The number of nitrogens with zero attached hydrogens (tertiary/aromatic N) is 1. The molecule has 5 heteroatoms. The second kappa shape index (κ2) is 5.18. The zero-order chi connectivity index (χ0) is 13.1. The van der Waals surface area contributed by atoms with E-state index in [1.807, 2.05) is 31.2 Å². The summed E-state index contributed by atoms with van der Waals surface area (Å²) in [6, 6.07) is 7.25. The van der Waals surface area contributed by atoms with Gasteiger partial charge in [-0.1, -0.05) is 29.8 Å². The van der Waals surface area contributed by atoms with Gasteiger partial charge in [0, 0.05) is 13.1 Å². The first-order valence-corrected chi connectivity index (χ1v) is 5.88. The Labute approximate surface area is 105 Å². The van der Waals surface area contributed by atoms with E-state index in [0.717, 1.165) is 11.1 Å². The van der Waals surface area contributed by atoms with Gasteiger partial charge >= 0.3 is 5.97 Å². The van der Waals surface area contributed by atoms with Crippen molar-refractivity contribution in [2.75, 3.05) is 19.6 Å². The first-order chi connectivity index (χ1) is 8.58. The summed E-state index contributed by atoms with van der Waals surface area (Å²) in [6.07, 6.45) is 0. The number of carboxylic acids is 1. The molecule has 1 aliphatic rings. The SMILES string of the molecule is Cc1ccc(C2NCCN(CC(=O)O)C2=O)cc1. The molecule has 1 aliphatic heterocycles. The number of hydrogen-bond acceptors (Lipinski definition) is 3. The van der Waals surface area contributed by atoms with Gasteiger partial charge in [-0.2, -0.15) is 0 Å². The fraction of sp³-hybridized carbons (Fsp3) is 0.385. The summed E-state index contributed by atoms with van der Waals surface area (Å²) in [5.74, 6) is -1.15. The maximum absolute atomic E-state index is 12.1. The smallest absolute Gasteiger partial charge is 0.323 e. The van der Waals surface area contributed by atoms with Crippen molar-refractivity contribution in [2.24, 2.45) is 0 Å². The molecule has 1 fully saturated rings. The Morgan fingerprint density at radius 1 is 1.44 bits per heavy atom. The van der Waals surface area contributed by atoms with Crippen LogP contribution in [-0.4, -0.2) is 41.5 Å². The van der Waals surface area contributed by atoms with Gasteiger partial charge in [0.15, 0.2) is 0 Å². The van der Waals surface area contributed by atoms with Crippen LogP contribution in [-0.2, 0) is 9.59 Å². The maximum atomic E-state index is 12.1. The number of carbonyl (C=O) groups excluding carboxylic acids is 1. The van der Waals surface area contributed by atoms with Gasteiger partial charge in [-0.05, 0) is 12.5 Å². The molecular weight excluding hydrogens is 232 g/mol. The highest BCUT2D eigenvalue weighted by Gasteiger charge is 2.30. The van der Waals surface area contributed by atoms with E-state index in [-0.39, 0.29) is 12.5 Å². The van der Waals surface area contributed by atoms with Crippen LogP contribution in [0.1, 0.15) is 17.2 Å². The van der Waals surface area contributed by atoms with Crippen molar-refractivity contribution in [1.82, 2.24) is 10.2 Å². The zero-order valence-corrected chi connectivity index (χ0v) is 10.2. The predicted molar refractivity (Wildman–Crippen MR) is 66.1 cm³/mol. The summed E-state index contributed by atoms with van der Waals surface area (Å²) in [5, 5.41) is 11.9. The first-order valence-electron chi connectivity index (χ1n) is 5.88. The highest BCUT2D eigenvalue weighted by molar-refractivity contribution is 5.87. The number of carboxylic acid groups (broad SMARTS) is 1. The molecule has 2 N–H and O–H groups in total. The highest BCUT2D eigenvalue weighted by atomic mass is 16.4. The molecule has 0 aromatic heterocycles. The molecule has 96 valence electrons. The second-order valence-electron chi connectivity index (χ2n) is 4.45. The highest BCUT2D eigenvalue weighted by Crippen LogP contribution is 2.19. The van der Waals surface area contributed by atoms with Crippen molar-refractivity contribution in [3.05, 3.63) is 35.4 Å². The number of aliphatic carboxylic acids is 1. The summed E-state index contributed by atoms with van der Waals surface area (Å²) in [7, 11) is 0. The number of carbonyl (C=O) groups is 2. The summed E-state index contributed by atoms with van der Waals surface area (Å²) in [5.41, 5.74) is 2.00. The molecule has 5 nitrogen and oxygen atoms in total. The molecule has 1 unspecified atom stereocenters. The zero-order valence-electron chi connectivity index (χ0n) is 10.2. The third-order valence-electron chi connectivity index (χ3n) is 3.03. The van der Waals surface area contributed by atoms with Crippen LogP contribution in [0.25, 0.3) is 0 Å². The van der Waals surface area contributed by atoms with Crippen molar-refractivity contribution >= 4 is 11.9 Å². The fourth-order valence-electron chi connectivity index (χ4n) is 2.06. The average Bonchev–Trinajstić information content (AvgIpc) is 2.33. The Bertz CT molecular complexity index is 456. The van der Waals surface area contributed by atoms with E-state index in [2.05, 4.69) is 5.32 Å². The van der Waals surface area contributed by atoms with E-state index in [4.69, 9.17) is 5.11 Å². The molecule has 1 amide bonds. The van der Waals surface area contributed by atoms with Crippen LogP contribution in [0.15, 0.2) is 24.3 Å². The third kappa shape index (κ3) is 2.68. The molecule has 1 aromatic rings. The van der Waals surface area contributed by atoms with Crippen LogP contribution in [0.3, 0.4) is 0 Å². The van der Waals surface area contributed by atoms with Crippen LogP contribution in [0, 0.1) is 6.92 Å². The number of aryl methyl sites for hydroxylation is 1. The molecule has 0 spiro atoms. The summed E-state index contributed by atoms with van der Waals surface area (Å²) >= 11 is 0. The van der Waals surface area contributed by atoms with E-state index < -0.39 is 12.0 Å². The topological polar surface area (TPSA) is 69.6 Å². The maximum Gasteiger partial charge on any atom is 0.323 e. The lowest BCUT2D eigenvalue weighted by Gasteiger charge is -2.32. The Morgan fingerprint density at radius 2 is 2.11 bits per heavy atom. The van der Waals surface area contributed by atoms with Gasteiger partial charge in [0.25, 0.3) is 0 Å². The lowest BCUT2D eigenvalue weighted by molar-refractivity contribution is -0.146. The normalized spacial score (nSPS) is 19.9. The van der Waals surface area contributed by atoms with Gasteiger partial charge in [0.2, 0.25) is 5.91 Å². The molecule has 18 heavy (non-hydrogen) atoms. The number of amides is 1. The Morgan fingerprint density at radius 3 is 2.72 bits per heavy atom. The molecule has 0 bridgehead atoms. The number of benzene rings is 1. The summed E-state index contributed by atoms with van der Waals surface area (Å²) in [4.78, 5) is 24.2. The number of nitrogens with one attached hydrogen (secondary N) is 1. The van der Waals surface area contributed by atoms with E-state index in [0.29, 0.717) is 13.1 Å². The Hall–Kier alpha value is -1.88. The lowest BCUT2D eigenvalue weighted by atomic mass is 10.0. The minimum Gasteiger partial charge on any atom is -0.480 e. The van der Waals surface area contributed by atoms with Crippen molar-refractivity contribution in [1.29, 1.82) is 0 Å². The second-order valence-corrected chi connectivity index (χ2v) is 4.45. The summed E-state index contributed by atoms with van der Waals surface area (Å²) in [6.45, 7) is 2.80. The summed E-state index contributed by atoms with van der Waals surface area (Å²) < 4.78 is 0. The van der Waals surface area contributed by atoms with Gasteiger partial charge in [-0.15, -0.1) is 0 Å². The lowest BCUT2D eigenvalue weighted by Crippen LogP contribution is -2.51. The van der Waals surface area contributed by atoms with Gasteiger partial charge in [-0.3, -0.25) is 9.59 Å². The number of hydrogen-bond donors (Lipinski definition) is 2. The van der Waals surface area contributed by atoms with Crippen LogP contribution in [0.2, 0.25) is 0 Å². The molecule has 0 saturated carbocycles. The van der Waals surface area contributed by atoms with Gasteiger partial charge < -0.3 is 15.3 Å². The molecule has 1 aromatic carbocycles.